The molecule has 1 aromatic rings. The minimum absolute atomic E-state index is 0.289. The minimum atomic E-state index is -0.941. The SMILES string of the molecule is C=C(Cl)CNc1cccc(SCC)c1C(=O)O. The lowest BCUT2D eigenvalue weighted by Crippen LogP contribution is -2.08. The Hall–Kier alpha value is -1.13. The molecule has 0 saturated heterocycles. The number of carbonyl (C=O) groups is 1. The fourth-order valence-electron chi connectivity index (χ4n) is 1.37. The lowest BCUT2D eigenvalue weighted by molar-refractivity contribution is 0.0694. The molecule has 5 heteroatoms. The van der Waals surface area contributed by atoms with Gasteiger partial charge in [-0.15, -0.1) is 11.8 Å². The first-order valence-electron chi connectivity index (χ1n) is 5.12. The van der Waals surface area contributed by atoms with Crippen LogP contribution in [0.15, 0.2) is 34.7 Å². The molecule has 0 heterocycles. The van der Waals surface area contributed by atoms with Gasteiger partial charge < -0.3 is 10.4 Å². The normalized spacial score (nSPS) is 10.0. The topological polar surface area (TPSA) is 49.3 Å². The monoisotopic (exact) mass is 271 g/mol. The third-order valence-electron chi connectivity index (χ3n) is 2.01. The zero-order chi connectivity index (χ0) is 12.8. The van der Waals surface area contributed by atoms with E-state index >= 15 is 0 Å². The Morgan fingerprint density at radius 3 is 2.82 bits per heavy atom. The number of anilines is 1. The molecule has 2 N–H and O–H groups in total. The highest BCUT2D eigenvalue weighted by atomic mass is 35.5. The van der Waals surface area contributed by atoms with Crippen LogP contribution < -0.4 is 5.32 Å². The maximum Gasteiger partial charge on any atom is 0.338 e. The van der Waals surface area contributed by atoms with Crippen LogP contribution in [0, 0.1) is 0 Å². The first-order chi connectivity index (χ1) is 8.06. The van der Waals surface area contributed by atoms with E-state index in [2.05, 4.69) is 11.9 Å². The number of carboxylic acid groups (broad SMARTS) is 1. The van der Waals surface area contributed by atoms with E-state index in [1.165, 1.54) is 11.8 Å². The molecule has 0 aromatic heterocycles. The minimum Gasteiger partial charge on any atom is -0.478 e. The zero-order valence-electron chi connectivity index (χ0n) is 9.50. The molecule has 92 valence electrons. The molecule has 0 bridgehead atoms. The van der Waals surface area contributed by atoms with Crippen LogP contribution in [0.2, 0.25) is 0 Å². The zero-order valence-corrected chi connectivity index (χ0v) is 11.1. The summed E-state index contributed by atoms with van der Waals surface area (Å²) in [6, 6.07) is 5.35. The molecule has 3 nitrogen and oxygen atoms in total. The number of hydrogen-bond acceptors (Lipinski definition) is 3. The first-order valence-corrected chi connectivity index (χ1v) is 6.48. The van der Waals surface area contributed by atoms with Crippen LogP contribution in [-0.2, 0) is 0 Å². The van der Waals surface area contributed by atoms with Gasteiger partial charge in [0, 0.05) is 9.93 Å². The highest BCUT2D eigenvalue weighted by Gasteiger charge is 2.15. The predicted octanol–water partition coefficient (Wildman–Crippen LogP) is 3.66. The third-order valence-corrected chi connectivity index (χ3v) is 3.08. The van der Waals surface area contributed by atoms with Crippen molar-refractivity contribution in [1.29, 1.82) is 0 Å². The predicted molar refractivity (Wildman–Crippen MR) is 73.3 cm³/mol. The summed E-state index contributed by atoms with van der Waals surface area (Å²) in [5.41, 5.74) is 0.856. The molecule has 17 heavy (non-hydrogen) atoms. The van der Waals surface area contributed by atoms with Crippen LogP contribution in [0.1, 0.15) is 17.3 Å². The second-order valence-electron chi connectivity index (χ2n) is 3.29. The summed E-state index contributed by atoms with van der Waals surface area (Å²) >= 11 is 7.15. The van der Waals surface area contributed by atoms with Gasteiger partial charge in [0.2, 0.25) is 0 Å². The Morgan fingerprint density at radius 1 is 1.59 bits per heavy atom. The lowest BCUT2D eigenvalue weighted by atomic mass is 10.2. The summed E-state index contributed by atoms with van der Waals surface area (Å²) in [7, 11) is 0. The van der Waals surface area contributed by atoms with Crippen molar-refractivity contribution in [1.82, 2.24) is 0 Å². The number of nitrogens with one attached hydrogen (secondary N) is 1. The van der Waals surface area contributed by atoms with Crippen LogP contribution in [0.3, 0.4) is 0 Å². The molecule has 0 fully saturated rings. The second kappa shape index (κ2) is 6.57. The van der Waals surface area contributed by atoms with Crippen molar-refractivity contribution in [2.75, 3.05) is 17.6 Å². The van der Waals surface area contributed by atoms with Crippen LogP contribution in [-0.4, -0.2) is 23.4 Å². The summed E-state index contributed by atoms with van der Waals surface area (Å²) in [6.45, 7) is 5.89. The van der Waals surface area contributed by atoms with E-state index in [1.807, 2.05) is 13.0 Å². The van der Waals surface area contributed by atoms with Crippen molar-refractivity contribution in [3.63, 3.8) is 0 Å². The molecule has 1 aromatic carbocycles. The van der Waals surface area contributed by atoms with Crippen molar-refractivity contribution in [2.24, 2.45) is 0 Å². The Morgan fingerprint density at radius 2 is 2.29 bits per heavy atom. The molecular formula is C12H14ClNO2S. The maximum atomic E-state index is 11.3. The van der Waals surface area contributed by atoms with E-state index in [9.17, 15) is 9.90 Å². The molecule has 0 atom stereocenters. The molecule has 0 aliphatic heterocycles. The van der Waals surface area contributed by atoms with Crippen molar-refractivity contribution in [3.05, 3.63) is 35.4 Å². The van der Waals surface area contributed by atoms with Crippen LogP contribution >= 0.6 is 23.4 Å². The molecule has 1 rings (SSSR count). The van der Waals surface area contributed by atoms with E-state index < -0.39 is 5.97 Å². The number of halogens is 1. The number of benzene rings is 1. The number of carboxylic acids is 1. The van der Waals surface area contributed by atoms with Crippen LogP contribution in [0.5, 0.6) is 0 Å². The van der Waals surface area contributed by atoms with E-state index in [-0.39, 0.29) is 5.56 Å². The number of rotatable bonds is 6. The summed E-state index contributed by atoms with van der Waals surface area (Å²) in [6.07, 6.45) is 0. The molecule has 0 unspecified atom stereocenters. The average Bonchev–Trinajstić information content (AvgIpc) is 2.26. The van der Waals surface area contributed by atoms with Crippen LogP contribution in [0.25, 0.3) is 0 Å². The van der Waals surface area contributed by atoms with E-state index in [4.69, 9.17) is 11.6 Å². The molecule has 0 spiro atoms. The van der Waals surface area contributed by atoms with Gasteiger partial charge in [0.25, 0.3) is 0 Å². The fourth-order valence-corrected chi connectivity index (χ4v) is 2.26. The van der Waals surface area contributed by atoms with Crippen molar-refractivity contribution >= 4 is 35.0 Å². The quantitative estimate of drug-likeness (QED) is 0.775. The lowest BCUT2D eigenvalue weighted by Gasteiger charge is -2.12. The largest absolute Gasteiger partial charge is 0.478 e. The fraction of sp³-hybridized carbons (Fsp3) is 0.250. The van der Waals surface area contributed by atoms with E-state index in [1.54, 1.807) is 12.1 Å². The number of thioether (sulfide) groups is 1. The van der Waals surface area contributed by atoms with Crippen molar-refractivity contribution in [3.8, 4) is 0 Å². The van der Waals surface area contributed by atoms with Crippen molar-refractivity contribution < 1.29 is 9.90 Å². The van der Waals surface area contributed by atoms with Gasteiger partial charge in [-0.05, 0) is 17.9 Å². The Balaban J connectivity index is 3.06. The highest BCUT2D eigenvalue weighted by molar-refractivity contribution is 7.99. The average molecular weight is 272 g/mol. The van der Waals surface area contributed by atoms with Gasteiger partial charge in [-0.1, -0.05) is 31.2 Å². The van der Waals surface area contributed by atoms with Crippen molar-refractivity contribution in [2.45, 2.75) is 11.8 Å². The number of hydrogen-bond donors (Lipinski definition) is 2. The van der Waals surface area contributed by atoms with Gasteiger partial charge in [-0.3, -0.25) is 0 Å². The molecule has 0 aliphatic carbocycles. The van der Waals surface area contributed by atoms with Gasteiger partial charge in [0.05, 0.1) is 17.8 Å². The summed E-state index contributed by atoms with van der Waals surface area (Å²) in [5.74, 6) is -0.115. The van der Waals surface area contributed by atoms with Gasteiger partial charge in [-0.25, -0.2) is 4.79 Å². The standard InChI is InChI=1S/C12H14ClNO2S/c1-3-17-10-6-4-5-9(11(10)12(15)16)14-7-8(2)13/h4-6,14H,2-3,7H2,1H3,(H,15,16). The third kappa shape index (κ3) is 3.98. The van der Waals surface area contributed by atoms with Gasteiger partial charge in [-0.2, -0.15) is 0 Å². The van der Waals surface area contributed by atoms with E-state index in [0.717, 1.165) is 10.6 Å². The smallest absolute Gasteiger partial charge is 0.338 e. The van der Waals surface area contributed by atoms with Gasteiger partial charge in [0.1, 0.15) is 0 Å². The molecule has 0 amide bonds. The first kappa shape index (κ1) is 13.9. The Kier molecular flexibility index (Phi) is 5.38. The molecule has 0 aliphatic rings. The molecule has 0 saturated carbocycles. The number of aromatic carboxylic acids is 1. The Labute approximate surface area is 110 Å². The molecule has 0 radical (unpaired) electrons. The summed E-state index contributed by atoms with van der Waals surface area (Å²) in [5, 5.41) is 12.6. The Bertz CT molecular complexity index is 435. The van der Waals surface area contributed by atoms with Gasteiger partial charge in [0.15, 0.2) is 0 Å². The summed E-state index contributed by atoms with van der Waals surface area (Å²) < 4.78 is 0. The van der Waals surface area contributed by atoms with Crippen LogP contribution in [0.4, 0.5) is 5.69 Å². The maximum absolute atomic E-state index is 11.3. The van der Waals surface area contributed by atoms with E-state index in [0.29, 0.717) is 17.3 Å². The molecular weight excluding hydrogens is 258 g/mol. The second-order valence-corrected chi connectivity index (χ2v) is 5.13. The summed E-state index contributed by atoms with van der Waals surface area (Å²) in [4.78, 5) is 12.0. The van der Waals surface area contributed by atoms with Gasteiger partial charge >= 0.3 is 5.97 Å². The highest BCUT2D eigenvalue weighted by Crippen LogP contribution is 2.28.